The van der Waals surface area contributed by atoms with Gasteiger partial charge < -0.3 is 28.5 Å². The summed E-state index contributed by atoms with van der Waals surface area (Å²) in [4.78, 5) is 27.2. The van der Waals surface area contributed by atoms with Crippen molar-refractivity contribution in [3.63, 3.8) is 0 Å². The molecule has 0 radical (unpaired) electrons. The molecule has 0 aliphatic rings. The smallest absolute Gasteiger partial charge is 1.00 e. The van der Waals surface area contributed by atoms with Crippen LogP contribution in [0, 0.1) is 0 Å². The zero-order chi connectivity index (χ0) is 10.5. The largest absolute Gasteiger partial charge is 1.00 e. The van der Waals surface area contributed by atoms with E-state index in [4.69, 9.17) is 0 Å². The van der Waals surface area contributed by atoms with E-state index in [0.717, 1.165) is 4.57 Å². The predicted octanol–water partition coefficient (Wildman–Crippen LogP) is -7.02. The van der Waals surface area contributed by atoms with Gasteiger partial charge in [0.25, 0.3) is 5.56 Å². The molecule has 8 heteroatoms. The monoisotopic (exact) mass is 344 g/mol. The number of rotatable bonds is 0. The number of halogens is 1. The average molecular weight is 344 g/mol. The maximum atomic E-state index is 11.7. The van der Waals surface area contributed by atoms with Crippen LogP contribution in [0.25, 0.3) is 11.2 Å². The molecule has 82 valence electrons. The van der Waals surface area contributed by atoms with E-state index in [9.17, 15) is 9.59 Å². The summed E-state index contributed by atoms with van der Waals surface area (Å²) in [6.07, 6.45) is 1.52. The number of aryl methyl sites for hydroxylation is 2. The molecule has 6 nitrogen and oxygen atoms in total. The fourth-order valence-electron chi connectivity index (χ4n) is 1.47. The normalized spacial score (nSPS) is 9.69. The van der Waals surface area contributed by atoms with Crippen LogP contribution in [0.2, 0.25) is 0 Å². The standard InChI is InChI=1S/C8H10N4O2.HI.Na/c1-10-4-9-6-5(10)7(13)12(3)8(14)11(6)2;;/h4H,1-3H3;1H;/q;;+1/p-1. The molecule has 0 saturated carbocycles. The summed E-state index contributed by atoms with van der Waals surface area (Å²) in [5.41, 5.74) is 0.180. The molecule has 2 heterocycles. The van der Waals surface area contributed by atoms with Gasteiger partial charge >= 0.3 is 35.2 Å². The molecule has 2 aromatic heterocycles. The molecule has 0 atom stereocenters. The number of hydrogen-bond acceptors (Lipinski definition) is 3. The van der Waals surface area contributed by atoms with Gasteiger partial charge in [0, 0.05) is 21.1 Å². The van der Waals surface area contributed by atoms with E-state index >= 15 is 0 Å². The Balaban J connectivity index is 0.00000112. The number of fused-ring (bicyclic) bond motifs is 1. The van der Waals surface area contributed by atoms with Crippen LogP contribution >= 0.6 is 0 Å². The van der Waals surface area contributed by atoms with Gasteiger partial charge in [-0.05, 0) is 0 Å². The molecule has 2 aromatic rings. The molecule has 0 amide bonds. The third kappa shape index (κ3) is 2.13. The van der Waals surface area contributed by atoms with Crippen LogP contribution in [0.4, 0.5) is 0 Å². The van der Waals surface area contributed by atoms with Crippen molar-refractivity contribution in [2.75, 3.05) is 0 Å². The second-order valence-corrected chi connectivity index (χ2v) is 3.23. The van der Waals surface area contributed by atoms with Gasteiger partial charge in [0.1, 0.15) is 0 Å². The van der Waals surface area contributed by atoms with Crippen molar-refractivity contribution in [1.29, 1.82) is 0 Å². The third-order valence-electron chi connectivity index (χ3n) is 2.32. The molecule has 0 aliphatic heterocycles. The minimum absolute atomic E-state index is 0. The molecule has 0 spiro atoms. The molecule has 0 saturated heterocycles. The van der Waals surface area contributed by atoms with Crippen molar-refractivity contribution in [2.45, 2.75) is 0 Å². The molecule has 0 bridgehead atoms. The Morgan fingerprint density at radius 2 is 1.69 bits per heavy atom. The summed E-state index contributed by atoms with van der Waals surface area (Å²) in [6, 6.07) is 0. The quantitative estimate of drug-likeness (QED) is 0.353. The number of aromatic nitrogens is 4. The van der Waals surface area contributed by atoms with E-state index in [1.54, 1.807) is 18.7 Å². The second kappa shape index (κ2) is 5.48. The predicted molar refractivity (Wildman–Crippen MR) is 51.2 cm³/mol. The van der Waals surface area contributed by atoms with E-state index in [0.29, 0.717) is 11.2 Å². The summed E-state index contributed by atoms with van der Waals surface area (Å²) in [7, 11) is 4.77. The van der Waals surface area contributed by atoms with Crippen LogP contribution < -0.4 is 64.8 Å². The van der Waals surface area contributed by atoms with Gasteiger partial charge in [-0.1, -0.05) is 0 Å². The van der Waals surface area contributed by atoms with Crippen LogP contribution in [0.1, 0.15) is 0 Å². The second-order valence-electron chi connectivity index (χ2n) is 3.23. The van der Waals surface area contributed by atoms with Crippen molar-refractivity contribution in [3.05, 3.63) is 27.2 Å². The molecule has 0 aromatic carbocycles. The van der Waals surface area contributed by atoms with Gasteiger partial charge in [0.2, 0.25) is 0 Å². The van der Waals surface area contributed by atoms with E-state index in [-0.39, 0.29) is 64.8 Å². The molecular weight excluding hydrogens is 334 g/mol. The summed E-state index contributed by atoms with van der Waals surface area (Å²) >= 11 is 0. The topological polar surface area (TPSA) is 61.8 Å². The van der Waals surface area contributed by atoms with E-state index in [1.165, 1.54) is 17.9 Å². The van der Waals surface area contributed by atoms with Gasteiger partial charge in [-0.25, -0.2) is 9.78 Å². The Bertz CT molecular complexity index is 627. The SMILES string of the molecule is Cn1c(=O)c2c(ncn2C)n(C)c1=O.[I-].[Na+]. The molecule has 0 N–H and O–H groups in total. The Hall–Kier alpha value is -0.120. The molecule has 0 fully saturated rings. The molecule has 0 unspecified atom stereocenters. The summed E-state index contributed by atoms with van der Waals surface area (Å²) in [6.45, 7) is 0. The number of nitrogens with zero attached hydrogens (tertiary/aromatic N) is 4. The van der Waals surface area contributed by atoms with Crippen molar-refractivity contribution in [3.8, 4) is 0 Å². The fourth-order valence-corrected chi connectivity index (χ4v) is 1.47. The van der Waals surface area contributed by atoms with Crippen molar-refractivity contribution in [2.24, 2.45) is 21.1 Å². The third-order valence-corrected chi connectivity index (χ3v) is 2.32. The summed E-state index contributed by atoms with van der Waals surface area (Å²) in [5, 5.41) is 0. The zero-order valence-corrected chi connectivity index (χ0v) is 13.7. The Kier molecular flexibility index (Phi) is 5.44. The van der Waals surface area contributed by atoms with E-state index in [1.807, 2.05) is 0 Å². The average Bonchev–Trinajstić information content (AvgIpc) is 2.54. The first-order valence-electron chi connectivity index (χ1n) is 4.11. The maximum absolute atomic E-state index is 11.7. The maximum Gasteiger partial charge on any atom is 1.00 e. The minimum atomic E-state index is -0.360. The van der Waals surface area contributed by atoms with Crippen molar-refractivity contribution in [1.82, 2.24) is 18.7 Å². The Labute approximate surface area is 131 Å². The zero-order valence-electron chi connectivity index (χ0n) is 9.56. The summed E-state index contributed by atoms with van der Waals surface area (Å²) in [5.74, 6) is 0. The van der Waals surface area contributed by atoms with Crippen LogP contribution in [-0.4, -0.2) is 18.7 Å². The van der Waals surface area contributed by atoms with Crippen molar-refractivity contribution >= 4 is 11.2 Å². The molecular formula is C8H10IN4NaO2. The van der Waals surface area contributed by atoms with Crippen LogP contribution in [-0.2, 0) is 21.1 Å². The van der Waals surface area contributed by atoms with Gasteiger partial charge in [0.05, 0.1) is 6.33 Å². The minimum Gasteiger partial charge on any atom is -1.00 e. The fraction of sp³-hybridized carbons (Fsp3) is 0.375. The summed E-state index contributed by atoms with van der Waals surface area (Å²) < 4.78 is 4.04. The van der Waals surface area contributed by atoms with Crippen molar-refractivity contribution < 1.29 is 53.5 Å². The number of imidazole rings is 1. The number of hydrogen-bond donors (Lipinski definition) is 0. The van der Waals surface area contributed by atoms with Gasteiger partial charge in [0.15, 0.2) is 11.2 Å². The first-order valence-corrected chi connectivity index (χ1v) is 4.11. The van der Waals surface area contributed by atoms with E-state index < -0.39 is 0 Å². The van der Waals surface area contributed by atoms with Gasteiger partial charge in [-0.15, -0.1) is 0 Å². The molecule has 16 heavy (non-hydrogen) atoms. The van der Waals surface area contributed by atoms with E-state index in [2.05, 4.69) is 4.98 Å². The van der Waals surface area contributed by atoms with Crippen LogP contribution in [0.3, 0.4) is 0 Å². The van der Waals surface area contributed by atoms with Crippen LogP contribution in [0.15, 0.2) is 15.9 Å². The Morgan fingerprint density at radius 1 is 1.12 bits per heavy atom. The van der Waals surface area contributed by atoms with Gasteiger partial charge in [-0.3, -0.25) is 13.9 Å². The first-order chi connectivity index (χ1) is 6.54. The van der Waals surface area contributed by atoms with Gasteiger partial charge in [-0.2, -0.15) is 0 Å². The Morgan fingerprint density at radius 3 is 2.25 bits per heavy atom. The van der Waals surface area contributed by atoms with Crippen LogP contribution in [0.5, 0.6) is 0 Å². The first kappa shape index (κ1) is 15.9. The molecule has 2 rings (SSSR count). The molecule has 0 aliphatic carbocycles.